The Labute approximate surface area is 162 Å². The number of fused-ring (bicyclic) bond motifs is 1. The van der Waals surface area contributed by atoms with Gasteiger partial charge >= 0.3 is 0 Å². The number of aromatic nitrogens is 1. The molecule has 3 aromatic rings. The van der Waals surface area contributed by atoms with Gasteiger partial charge in [-0.15, -0.1) is 11.3 Å². The Balaban J connectivity index is 1.32. The molecule has 0 saturated heterocycles. The van der Waals surface area contributed by atoms with Gasteiger partial charge in [0.2, 0.25) is 5.91 Å². The summed E-state index contributed by atoms with van der Waals surface area (Å²) in [6, 6.07) is 14.0. The van der Waals surface area contributed by atoms with E-state index in [4.69, 9.17) is 4.74 Å². The summed E-state index contributed by atoms with van der Waals surface area (Å²) in [6.07, 6.45) is 3.23. The summed E-state index contributed by atoms with van der Waals surface area (Å²) in [5.41, 5.74) is 1.05. The molecule has 6 heteroatoms. The molecule has 142 valence electrons. The number of thiazole rings is 1. The van der Waals surface area contributed by atoms with E-state index in [-0.39, 0.29) is 11.7 Å². The van der Waals surface area contributed by atoms with E-state index in [0.29, 0.717) is 25.3 Å². The molecule has 27 heavy (non-hydrogen) atoms. The van der Waals surface area contributed by atoms with Crippen molar-refractivity contribution in [3.63, 3.8) is 0 Å². The number of rotatable bonds is 9. The maximum Gasteiger partial charge on any atom is 0.222 e. The van der Waals surface area contributed by atoms with E-state index >= 15 is 0 Å². The Morgan fingerprint density at radius 2 is 1.93 bits per heavy atom. The number of aryl methyl sites for hydroxylation is 1. The lowest BCUT2D eigenvalue weighted by Gasteiger charge is -2.17. The molecule has 1 amide bonds. The van der Waals surface area contributed by atoms with Crippen LogP contribution in [0.2, 0.25) is 0 Å². The third-order valence-electron chi connectivity index (χ3n) is 4.30. The van der Waals surface area contributed by atoms with Crippen molar-refractivity contribution >= 4 is 27.5 Å². The number of hydrogen-bond acceptors (Lipinski definition) is 4. The minimum absolute atomic E-state index is 0.113. The van der Waals surface area contributed by atoms with E-state index in [9.17, 15) is 9.18 Å². The van der Waals surface area contributed by atoms with Crippen molar-refractivity contribution in [3.8, 4) is 5.75 Å². The van der Waals surface area contributed by atoms with E-state index in [1.165, 1.54) is 16.8 Å². The van der Waals surface area contributed by atoms with Crippen molar-refractivity contribution in [3.05, 3.63) is 59.4 Å². The van der Waals surface area contributed by atoms with Gasteiger partial charge in [0.25, 0.3) is 0 Å². The third-order valence-corrected chi connectivity index (χ3v) is 5.40. The molecule has 0 radical (unpaired) electrons. The van der Waals surface area contributed by atoms with Gasteiger partial charge in [0, 0.05) is 13.5 Å². The van der Waals surface area contributed by atoms with Crippen LogP contribution < -0.4 is 4.74 Å². The standard InChI is InChI=1S/C21H23FN2O2S/c1-24(14-15-26-17-12-10-16(22)11-13-17)21(25)9-5-4-8-20-23-18-6-2-3-7-19(18)27-20/h2-3,6-7,10-13H,4-5,8-9,14-15H2,1H3. The van der Waals surface area contributed by atoms with Crippen LogP contribution in [0, 0.1) is 5.82 Å². The van der Waals surface area contributed by atoms with Crippen molar-refractivity contribution in [2.24, 2.45) is 0 Å². The fourth-order valence-corrected chi connectivity index (χ4v) is 3.74. The van der Waals surface area contributed by atoms with Crippen LogP contribution >= 0.6 is 11.3 Å². The van der Waals surface area contributed by atoms with E-state index < -0.39 is 0 Å². The van der Waals surface area contributed by atoms with Gasteiger partial charge in [-0.1, -0.05) is 12.1 Å². The molecule has 0 spiro atoms. The summed E-state index contributed by atoms with van der Waals surface area (Å²) >= 11 is 1.73. The molecular weight excluding hydrogens is 363 g/mol. The third kappa shape index (κ3) is 5.76. The number of likely N-dealkylation sites (N-methyl/N-ethyl adjacent to an activating group) is 1. The molecule has 0 N–H and O–H groups in total. The monoisotopic (exact) mass is 386 g/mol. The molecule has 0 aliphatic carbocycles. The number of nitrogens with zero attached hydrogens (tertiary/aromatic N) is 2. The number of carbonyl (C=O) groups excluding carboxylic acids is 1. The van der Waals surface area contributed by atoms with Crippen LogP contribution in [0.1, 0.15) is 24.3 Å². The fourth-order valence-electron chi connectivity index (χ4n) is 2.73. The maximum atomic E-state index is 12.8. The summed E-state index contributed by atoms with van der Waals surface area (Å²) in [5.74, 6) is 0.426. The molecule has 1 aromatic heterocycles. The van der Waals surface area contributed by atoms with Gasteiger partial charge < -0.3 is 9.64 Å². The quantitative estimate of drug-likeness (QED) is 0.501. The van der Waals surface area contributed by atoms with E-state index in [1.54, 1.807) is 35.4 Å². The molecule has 0 unspecified atom stereocenters. The lowest BCUT2D eigenvalue weighted by molar-refractivity contribution is -0.130. The van der Waals surface area contributed by atoms with E-state index in [0.717, 1.165) is 29.8 Å². The molecule has 2 aromatic carbocycles. The van der Waals surface area contributed by atoms with E-state index in [1.807, 2.05) is 18.2 Å². The van der Waals surface area contributed by atoms with Gasteiger partial charge in [-0.05, 0) is 55.7 Å². The Bertz CT molecular complexity index is 846. The predicted molar refractivity (Wildman–Crippen MR) is 107 cm³/mol. The molecule has 0 atom stereocenters. The highest BCUT2D eigenvalue weighted by Gasteiger charge is 2.09. The number of unbranched alkanes of at least 4 members (excludes halogenated alkanes) is 1. The first-order valence-corrected chi connectivity index (χ1v) is 9.90. The lowest BCUT2D eigenvalue weighted by Crippen LogP contribution is -2.30. The number of para-hydroxylation sites is 1. The second-order valence-electron chi connectivity index (χ2n) is 6.40. The average Bonchev–Trinajstić information content (AvgIpc) is 3.09. The van der Waals surface area contributed by atoms with Crippen molar-refractivity contribution in [2.45, 2.75) is 25.7 Å². The van der Waals surface area contributed by atoms with Gasteiger partial charge in [-0.3, -0.25) is 4.79 Å². The minimum Gasteiger partial charge on any atom is -0.492 e. The smallest absolute Gasteiger partial charge is 0.222 e. The van der Waals surface area contributed by atoms with Crippen molar-refractivity contribution in [1.82, 2.24) is 9.88 Å². The molecule has 3 rings (SSSR count). The summed E-state index contributed by atoms with van der Waals surface area (Å²) < 4.78 is 19.6. The highest BCUT2D eigenvalue weighted by atomic mass is 32.1. The van der Waals surface area contributed by atoms with Gasteiger partial charge in [-0.2, -0.15) is 0 Å². The molecule has 0 aliphatic heterocycles. The summed E-state index contributed by atoms with van der Waals surface area (Å²) in [4.78, 5) is 18.5. The molecule has 1 heterocycles. The molecule has 0 aliphatic rings. The average molecular weight is 386 g/mol. The Morgan fingerprint density at radius 3 is 2.70 bits per heavy atom. The van der Waals surface area contributed by atoms with Gasteiger partial charge in [0.05, 0.1) is 21.8 Å². The summed E-state index contributed by atoms with van der Waals surface area (Å²) in [5, 5.41) is 1.13. The highest BCUT2D eigenvalue weighted by molar-refractivity contribution is 7.18. The SMILES string of the molecule is CN(CCOc1ccc(F)cc1)C(=O)CCCCc1nc2ccccc2s1. The Kier molecular flexibility index (Phi) is 6.76. The van der Waals surface area contributed by atoms with Crippen LogP contribution in [0.3, 0.4) is 0 Å². The topological polar surface area (TPSA) is 42.4 Å². The highest BCUT2D eigenvalue weighted by Crippen LogP contribution is 2.23. The van der Waals surface area contributed by atoms with Crippen LogP contribution in [0.25, 0.3) is 10.2 Å². The number of hydrogen-bond donors (Lipinski definition) is 0. The van der Waals surface area contributed by atoms with Gasteiger partial charge in [0.15, 0.2) is 0 Å². The first-order valence-electron chi connectivity index (χ1n) is 9.08. The minimum atomic E-state index is -0.291. The summed E-state index contributed by atoms with van der Waals surface area (Å²) in [7, 11) is 1.78. The first kappa shape index (κ1) is 19.3. The Morgan fingerprint density at radius 1 is 1.15 bits per heavy atom. The van der Waals surface area contributed by atoms with Crippen LogP contribution in [0.4, 0.5) is 4.39 Å². The zero-order valence-corrected chi connectivity index (χ0v) is 16.2. The molecule has 0 bridgehead atoms. The van der Waals surface area contributed by atoms with Crippen molar-refractivity contribution in [1.29, 1.82) is 0 Å². The fraction of sp³-hybridized carbons (Fsp3) is 0.333. The molecule has 0 saturated carbocycles. The van der Waals surface area contributed by atoms with Crippen molar-refractivity contribution in [2.75, 3.05) is 20.2 Å². The second kappa shape index (κ2) is 9.46. The van der Waals surface area contributed by atoms with Gasteiger partial charge in [0.1, 0.15) is 18.2 Å². The maximum absolute atomic E-state index is 12.8. The van der Waals surface area contributed by atoms with Crippen LogP contribution in [0.5, 0.6) is 5.75 Å². The number of benzene rings is 2. The van der Waals surface area contributed by atoms with Crippen molar-refractivity contribution < 1.29 is 13.9 Å². The predicted octanol–water partition coefficient (Wildman–Crippen LogP) is 4.69. The summed E-state index contributed by atoms with van der Waals surface area (Å²) in [6.45, 7) is 0.896. The number of ether oxygens (including phenoxy) is 1. The molecule has 4 nitrogen and oxygen atoms in total. The molecule has 0 fully saturated rings. The first-order chi connectivity index (χ1) is 13.1. The number of halogens is 1. The van der Waals surface area contributed by atoms with Crippen LogP contribution in [-0.4, -0.2) is 36.0 Å². The van der Waals surface area contributed by atoms with Crippen LogP contribution in [-0.2, 0) is 11.2 Å². The zero-order valence-electron chi connectivity index (χ0n) is 15.4. The number of carbonyl (C=O) groups is 1. The largest absolute Gasteiger partial charge is 0.492 e. The van der Waals surface area contributed by atoms with Gasteiger partial charge in [-0.25, -0.2) is 9.37 Å². The number of amides is 1. The van der Waals surface area contributed by atoms with Crippen LogP contribution in [0.15, 0.2) is 48.5 Å². The second-order valence-corrected chi connectivity index (χ2v) is 7.52. The van der Waals surface area contributed by atoms with E-state index in [2.05, 4.69) is 11.1 Å². The zero-order chi connectivity index (χ0) is 19.1. The lowest BCUT2D eigenvalue weighted by atomic mass is 10.2. The molecular formula is C21H23FN2O2S. The Hall–Kier alpha value is -2.47. The normalized spacial score (nSPS) is 10.9.